The van der Waals surface area contributed by atoms with Crippen LogP contribution >= 0.6 is 0 Å². The third kappa shape index (κ3) is 2.49. The molecule has 1 aromatic heterocycles. The van der Waals surface area contributed by atoms with Crippen LogP contribution in [0.15, 0.2) is 24.3 Å². The van der Waals surface area contributed by atoms with Gasteiger partial charge in [-0.1, -0.05) is 32.9 Å². The summed E-state index contributed by atoms with van der Waals surface area (Å²) in [6, 6.07) is 8.05. The number of imidazole rings is 1. The van der Waals surface area contributed by atoms with Crippen LogP contribution in [0.5, 0.6) is 0 Å². The maximum atomic E-state index is 4.45. The van der Waals surface area contributed by atoms with E-state index < -0.39 is 0 Å². The Bertz CT molecular complexity index is 418. The molecular formula is C12H17N3. The van der Waals surface area contributed by atoms with E-state index >= 15 is 0 Å². The number of aromatic nitrogens is 2. The summed E-state index contributed by atoms with van der Waals surface area (Å²) in [4.78, 5) is 7.70. The van der Waals surface area contributed by atoms with E-state index in [-0.39, 0.29) is 5.41 Å². The zero-order chi connectivity index (χ0) is 10.9. The van der Waals surface area contributed by atoms with Gasteiger partial charge >= 0.3 is 0 Å². The number of anilines is 1. The Balaban J connectivity index is 2.16. The highest BCUT2D eigenvalue weighted by Gasteiger charge is 2.10. The average molecular weight is 203 g/mol. The summed E-state index contributed by atoms with van der Waals surface area (Å²) in [6.07, 6.45) is 0. The van der Waals surface area contributed by atoms with E-state index in [1.165, 1.54) is 0 Å². The van der Waals surface area contributed by atoms with Crippen molar-refractivity contribution in [1.29, 1.82) is 0 Å². The van der Waals surface area contributed by atoms with Gasteiger partial charge in [0.2, 0.25) is 5.95 Å². The lowest BCUT2D eigenvalue weighted by Gasteiger charge is -2.17. The second-order valence-electron chi connectivity index (χ2n) is 5.02. The number of nitrogens with one attached hydrogen (secondary N) is 2. The molecule has 1 heterocycles. The summed E-state index contributed by atoms with van der Waals surface area (Å²) in [5, 5.41) is 3.31. The van der Waals surface area contributed by atoms with Crippen molar-refractivity contribution in [2.75, 3.05) is 11.9 Å². The quantitative estimate of drug-likeness (QED) is 0.787. The third-order valence-electron chi connectivity index (χ3n) is 2.18. The Morgan fingerprint density at radius 1 is 1.27 bits per heavy atom. The molecule has 15 heavy (non-hydrogen) atoms. The predicted octanol–water partition coefficient (Wildman–Crippen LogP) is 3.02. The minimum Gasteiger partial charge on any atom is -0.355 e. The van der Waals surface area contributed by atoms with Gasteiger partial charge in [0.15, 0.2) is 0 Å². The highest BCUT2D eigenvalue weighted by atomic mass is 15.1. The van der Waals surface area contributed by atoms with Gasteiger partial charge in [0.25, 0.3) is 0 Å². The van der Waals surface area contributed by atoms with Gasteiger partial charge < -0.3 is 10.3 Å². The van der Waals surface area contributed by atoms with E-state index in [9.17, 15) is 0 Å². The highest BCUT2D eigenvalue weighted by Crippen LogP contribution is 2.16. The Morgan fingerprint density at radius 3 is 2.67 bits per heavy atom. The fraction of sp³-hybridized carbons (Fsp3) is 0.417. The molecule has 0 unspecified atom stereocenters. The number of hydrogen-bond acceptors (Lipinski definition) is 2. The molecule has 0 saturated heterocycles. The van der Waals surface area contributed by atoms with Crippen molar-refractivity contribution >= 4 is 17.0 Å². The Kier molecular flexibility index (Phi) is 2.39. The molecule has 80 valence electrons. The van der Waals surface area contributed by atoms with Crippen molar-refractivity contribution in [1.82, 2.24) is 9.97 Å². The van der Waals surface area contributed by atoms with Crippen molar-refractivity contribution in [2.24, 2.45) is 5.41 Å². The Morgan fingerprint density at radius 2 is 2.00 bits per heavy atom. The maximum absolute atomic E-state index is 4.45. The molecular weight excluding hydrogens is 186 g/mol. The zero-order valence-corrected chi connectivity index (χ0v) is 9.46. The monoisotopic (exact) mass is 203 g/mol. The van der Waals surface area contributed by atoms with Crippen LogP contribution in [0.3, 0.4) is 0 Å². The predicted molar refractivity (Wildman–Crippen MR) is 64.0 cm³/mol. The number of nitrogens with zero attached hydrogens (tertiary/aromatic N) is 1. The van der Waals surface area contributed by atoms with Gasteiger partial charge in [-0.05, 0) is 17.5 Å². The Hall–Kier alpha value is -1.51. The van der Waals surface area contributed by atoms with Crippen molar-refractivity contribution in [3.63, 3.8) is 0 Å². The number of rotatable bonds is 2. The molecule has 0 atom stereocenters. The van der Waals surface area contributed by atoms with Crippen LogP contribution in [-0.2, 0) is 0 Å². The number of hydrogen-bond donors (Lipinski definition) is 2. The largest absolute Gasteiger partial charge is 0.355 e. The normalized spacial score (nSPS) is 11.9. The number of para-hydroxylation sites is 2. The summed E-state index contributed by atoms with van der Waals surface area (Å²) in [6.45, 7) is 7.50. The molecule has 0 aliphatic rings. The molecule has 2 aromatic rings. The van der Waals surface area contributed by atoms with Crippen LogP contribution in [0.2, 0.25) is 0 Å². The van der Waals surface area contributed by atoms with Crippen LogP contribution in [0.4, 0.5) is 5.95 Å². The summed E-state index contributed by atoms with van der Waals surface area (Å²) >= 11 is 0. The summed E-state index contributed by atoms with van der Waals surface area (Å²) in [7, 11) is 0. The van der Waals surface area contributed by atoms with Gasteiger partial charge in [-0.3, -0.25) is 0 Å². The van der Waals surface area contributed by atoms with Gasteiger partial charge in [0, 0.05) is 6.54 Å². The SMILES string of the molecule is CC(C)(C)CNc1nc2ccccc2[nH]1. The standard InChI is InChI=1S/C12H17N3/c1-12(2,3)8-13-11-14-9-6-4-5-7-10(9)15-11/h4-7H,8H2,1-3H3,(H2,13,14,15). The maximum Gasteiger partial charge on any atom is 0.201 e. The lowest BCUT2D eigenvalue weighted by atomic mass is 9.97. The molecule has 3 heteroatoms. The van der Waals surface area contributed by atoms with Crippen LogP contribution in [0.1, 0.15) is 20.8 Å². The molecule has 3 nitrogen and oxygen atoms in total. The summed E-state index contributed by atoms with van der Waals surface area (Å²) in [5.74, 6) is 0.853. The van der Waals surface area contributed by atoms with Crippen LogP contribution in [-0.4, -0.2) is 16.5 Å². The molecule has 0 aliphatic heterocycles. The first-order valence-corrected chi connectivity index (χ1v) is 5.23. The molecule has 0 bridgehead atoms. The molecule has 0 fully saturated rings. The molecule has 2 rings (SSSR count). The molecule has 0 saturated carbocycles. The number of fused-ring (bicyclic) bond motifs is 1. The van der Waals surface area contributed by atoms with Crippen LogP contribution < -0.4 is 5.32 Å². The van der Waals surface area contributed by atoms with Crippen molar-refractivity contribution < 1.29 is 0 Å². The zero-order valence-electron chi connectivity index (χ0n) is 9.46. The molecule has 0 aliphatic carbocycles. The van der Waals surface area contributed by atoms with E-state index in [4.69, 9.17) is 0 Å². The van der Waals surface area contributed by atoms with Gasteiger partial charge in [0.1, 0.15) is 0 Å². The molecule has 1 aromatic carbocycles. The van der Waals surface area contributed by atoms with Gasteiger partial charge in [-0.25, -0.2) is 4.98 Å². The molecule has 0 spiro atoms. The molecule has 0 radical (unpaired) electrons. The molecule has 2 N–H and O–H groups in total. The summed E-state index contributed by atoms with van der Waals surface area (Å²) < 4.78 is 0. The van der Waals surface area contributed by atoms with E-state index in [2.05, 4.69) is 36.1 Å². The lowest BCUT2D eigenvalue weighted by molar-refractivity contribution is 0.442. The lowest BCUT2D eigenvalue weighted by Crippen LogP contribution is -2.19. The average Bonchev–Trinajstić information content (AvgIpc) is 2.56. The minimum absolute atomic E-state index is 0.263. The smallest absolute Gasteiger partial charge is 0.201 e. The van der Waals surface area contributed by atoms with E-state index in [1.807, 2.05) is 24.3 Å². The number of H-pyrrole nitrogens is 1. The first-order chi connectivity index (χ1) is 7.04. The fourth-order valence-electron chi connectivity index (χ4n) is 1.39. The van der Waals surface area contributed by atoms with Crippen molar-refractivity contribution in [3.8, 4) is 0 Å². The van der Waals surface area contributed by atoms with E-state index in [0.29, 0.717) is 0 Å². The first-order valence-electron chi connectivity index (χ1n) is 5.23. The van der Waals surface area contributed by atoms with Gasteiger partial charge in [0.05, 0.1) is 11.0 Å². The van der Waals surface area contributed by atoms with Crippen molar-refractivity contribution in [2.45, 2.75) is 20.8 Å². The van der Waals surface area contributed by atoms with Crippen LogP contribution in [0.25, 0.3) is 11.0 Å². The van der Waals surface area contributed by atoms with E-state index in [1.54, 1.807) is 0 Å². The van der Waals surface area contributed by atoms with Gasteiger partial charge in [-0.2, -0.15) is 0 Å². The first kappa shape index (κ1) is 10.0. The van der Waals surface area contributed by atoms with Crippen LogP contribution in [0, 0.1) is 5.41 Å². The summed E-state index contributed by atoms with van der Waals surface area (Å²) in [5.41, 5.74) is 2.35. The minimum atomic E-state index is 0.263. The Labute approximate surface area is 89.9 Å². The van der Waals surface area contributed by atoms with Gasteiger partial charge in [-0.15, -0.1) is 0 Å². The fourth-order valence-corrected chi connectivity index (χ4v) is 1.39. The number of aromatic amines is 1. The highest BCUT2D eigenvalue weighted by molar-refractivity contribution is 5.77. The molecule has 0 amide bonds. The van der Waals surface area contributed by atoms with E-state index in [0.717, 1.165) is 23.5 Å². The number of benzene rings is 1. The van der Waals surface area contributed by atoms with Crippen molar-refractivity contribution in [3.05, 3.63) is 24.3 Å². The third-order valence-corrected chi connectivity index (χ3v) is 2.18. The second kappa shape index (κ2) is 3.57. The second-order valence-corrected chi connectivity index (χ2v) is 5.02. The topological polar surface area (TPSA) is 40.7 Å².